The summed E-state index contributed by atoms with van der Waals surface area (Å²) in [5.74, 6) is -0.404. The van der Waals surface area contributed by atoms with Gasteiger partial charge in [-0.2, -0.15) is 0 Å². The SMILES string of the molecule is CCCCC[C@H](O)/C=C/[C@@H]1[C@@H](C/C=C\CCCC(=O)OCc2ccccc2)[C@@H](O)C[C@H]1O. The van der Waals surface area contributed by atoms with Gasteiger partial charge in [0, 0.05) is 18.8 Å². The van der Waals surface area contributed by atoms with Crippen LogP contribution in [0.15, 0.2) is 54.6 Å². The van der Waals surface area contributed by atoms with Gasteiger partial charge in [-0.1, -0.05) is 80.8 Å². The first kappa shape index (κ1) is 26.3. The maximum atomic E-state index is 11.9. The van der Waals surface area contributed by atoms with Gasteiger partial charge in [0.15, 0.2) is 0 Å². The minimum absolute atomic E-state index is 0.0591. The zero-order valence-electron chi connectivity index (χ0n) is 19.3. The van der Waals surface area contributed by atoms with Gasteiger partial charge in [-0.15, -0.1) is 0 Å². The highest BCUT2D eigenvalue weighted by Crippen LogP contribution is 2.36. The summed E-state index contributed by atoms with van der Waals surface area (Å²) < 4.78 is 5.28. The van der Waals surface area contributed by atoms with Crippen molar-refractivity contribution in [1.82, 2.24) is 0 Å². The molecule has 0 heterocycles. The fourth-order valence-electron chi connectivity index (χ4n) is 4.21. The van der Waals surface area contributed by atoms with E-state index in [0.717, 1.165) is 37.7 Å². The number of carbonyl (C=O) groups is 1. The summed E-state index contributed by atoms with van der Waals surface area (Å²) in [6.45, 7) is 2.44. The maximum absolute atomic E-state index is 11.9. The Morgan fingerprint density at radius 2 is 1.91 bits per heavy atom. The van der Waals surface area contributed by atoms with Crippen LogP contribution in [-0.2, 0) is 16.1 Å². The lowest BCUT2D eigenvalue weighted by Crippen LogP contribution is -2.20. The van der Waals surface area contributed by atoms with E-state index in [4.69, 9.17) is 4.74 Å². The number of rotatable bonds is 14. The number of hydrogen-bond donors (Lipinski definition) is 3. The van der Waals surface area contributed by atoms with Crippen LogP contribution in [0, 0.1) is 11.8 Å². The molecular weight excluding hydrogens is 404 g/mol. The van der Waals surface area contributed by atoms with Gasteiger partial charge in [-0.3, -0.25) is 4.79 Å². The molecule has 0 spiro atoms. The summed E-state index contributed by atoms with van der Waals surface area (Å²) in [5, 5.41) is 30.8. The molecule has 178 valence electrons. The molecule has 1 aliphatic carbocycles. The molecule has 1 saturated carbocycles. The third-order valence-electron chi connectivity index (χ3n) is 6.14. The largest absolute Gasteiger partial charge is 0.461 e. The normalized spacial score (nSPS) is 24.4. The Morgan fingerprint density at radius 1 is 1.12 bits per heavy atom. The van der Waals surface area contributed by atoms with Crippen molar-refractivity contribution in [3.63, 3.8) is 0 Å². The number of aliphatic hydroxyl groups excluding tert-OH is 3. The molecule has 32 heavy (non-hydrogen) atoms. The van der Waals surface area contributed by atoms with Gasteiger partial charge in [0.25, 0.3) is 0 Å². The summed E-state index contributed by atoms with van der Waals surface area (Å²) in [7, 11) is 0. The summed E-state index contributed by atoms with van der Waals surface area (Å²) in [5.41, 5.74) is 0.982. The van der Waals surface area contributed by atoms with Gasteiger partial charge in [0.2, 0.25) is 0 Å². The first-order valence-corrected chi connectivity index (χ1v) is 12.1. The Bertz CT molecular complexity index is 699. The monoisotopic (exact) mass is 444 g/mol. The number of hydrogen-bond acceptors (Lipinski definition) is 5. The third kappa shape index (κ3) is 9.68. The number of esters is 1. The van der Waals surface area contributed by atoms with Crippen molar-refractivity contribution in [2.45, 2.75) is 89.6 Å². The summed E-state index contributed by atoms with van der Waals surface area (Å²) >= 11 is 0. The number of carbonyl (C=O) groups excluding carboxylic acids is 1. The molecule has 0 aliphatic heterocycles. The van der Waals surface area contributed by atoms with Crippen LogP contribution in [0.3, 0.4) is 0 Å². The Morgan fingerprint density at radius 3 is 2.66 bits per heavy atom. The van der Waals surface area contributed by atoms with Crippen molar-refractivity contribution < 1.29 is 24.9 Å². The third-order valence-corrected chi connectivity index (χ3v) is 6.14. The van der Waals surface area contributed by atoms with Crippen molar-refractivity contribution >= 4 is 5.97 Å². The molecule has 0 bridgehead atoms. The fourth-order valence-corrected chi connectivity index (χ4v) is 4.21. The topological polar surface area (TPSA) is 87.0 Å². The van der Waals surface area contributed by atoms with Crippen molar-refractivity contribution in [1.29, 1.82) is 0 Å². The molecule has 1 aliphatic rings. The van der Waals surface area contributed by atoms with E-state index in [0.29, 0.717) is 32.3 Å². The first-order valence-electron chi connectivity index (χ1n) is 12.1. The molecular formula is C27H40O5. The van der Waals surface area contributed by atoms with Gasteiger partial charge < -0.3 is 20.1 Å². The van der Waals surface area contributed by atoms with Crippen LogP contribution < -0.4 is 0 Å². The van der Waals surface area contributed by atoms with Crippen LogP contribution in [0.1, 0.15) is 70.3 Å². The summed E-state index contributed by atoms with van der Waals surface area (Å²) in [6, 6.07) is 9.63. The fraction of sp³-hybridized carbons (Fsp3) is 0.593. The quantitative estimate of drug-likeness (QED) is 0.220. The maximum Gasteiger partial charge on any atom is 0.306 e. The smallest absolute Gasteiger partial charge is 0.306 e. The van der Waals surface area contributed by atoms with Crippen molar-refractivity contribution in [2.24, 2.45) is 11.8 Å². The van der Waals surface area contributed by atoms with Gasteiger partial charge in [0.1, 0.15) is 6.61 Å². The molecule has 1 aromatic rings. The molecule has 0 unspecified atom stereocenters. The molecule has 1 fully saturated rings. The van der Waals surface area contributed by atoms with E-state index >= 15 is 0 Å². The lowest BCUT2D eigenvalue weighted by atomic mass is 9.89. The predicted molar refractivity (Wildman–Crippen MR) is 127 cm³/mol. The van der Waals surface area contributed by atoms with E-state index in [2.05, 4.69) is 6.92 Å². The lowest BCUT2D eigenvalue weighted by molar-refractivity contribution is -0.145. The van der Waals surface area contributed by atoms with Gasteiger partial charge in [-0.25, -0.2) is 0 Å². The van der Waals surface area contributed by atoms with Crippen LogP contribution >= 0.6 is 0 Å². The number of aliphatic hydroxyl groups is 3. The van der Waals surface area contributed by atoms with Gasteiger partial charge in [0.05, 0.1) is 18.3 Å². The number of allylic oxidation sites excluding steroid dienone is 2. The van der Waals surface area contributed by atoms with Gasteiger partial charge in [-0.05, 0) is 37.2 Å². The molecule has 0 radical (unpaired) electrons. The number of ether oxygens (including phenoxy) is 1. The molecule has 5 heteroatoms. The van der Waals surface area contributed by atoms with Crippen LogP contribution in [0.2, 0.25) is 0 Å². The van der Waals surface area contributed by atoms with E-state index in [1.165, 1.54) is 0 Å². The Kier molecular flexibility index (Phi) is 12.3. The van der Waals surface area contributed by atoms with Crippen LogP contribution in [0.25, 0.3) is 0 Å². The first-order chi connectivity index (χ1) is 15.5. The zero-order valence-corrected chi connectivity index (χ0v) is 19.3. The Hall–Kier alpha value is -1.95. The molecule has 2 rings (SSSR count). The average molecular weight is 445 g/mol. The second kappa shape index (κ2) is 15.0. The number of unbranched alkanes of at least 4 members (excludes halogenated alkanes) is 3. The predicted octanol–water partition coefficient (Wildman–Crippen LogP) is 4.70. The Labute approximate surface area is 192 Å². The molecule has 0 amide bonds. The van der Waals surface area contributed by atoms with E-state index < -0.39 is 18.3 Å². The van der Waals surface area contributed by atoms with E-state index in [-0.39, 0.29) is 17.8 Å². The zero-order chi connectivity index (χ0) is 23.2. The molecule has 0 aromatic heterocycles. The van der Waals surface area contributed by atoms with Crippen molar-refractivity contribution in [3.05, 3.63) is 60.2 Å². The molecule has 1 aromatic carbocycles. The highest BCUT2D eigenvalue weighted by atomic mass is 16.5. The molecule has 5 nitrogen and oxygen atoms in total. The highest BCUT2D eigenvalue weighted by Gasteiger charge is 2.39. The summed E-state index contributed by atoms with van der Waals surface area (Å²) in [4.78, 5) is 11.9. The van der Waals surface area contributed by atoms with Crippen molar-refractivity contribution in [3.8, 4) is 0 Å². The second-order valence-corrected chi connectivity index (χ2v) is 8.81. The molecule has 5 atom stereocenters. The van der Waals surface area contributed by atoms with E-state index in [1.807, 2.05) is 48.6 Å². The minimum atomic E-state index is -0.582. The minimum Gasteiger partial charge on any atom is -0.461 e. The van der Waals surface area contributed by atoms with Crippen molar-refractivity contribution in [2.75, 3.05) is 0 Å². The van der Waals surface area contributed by atoms with E-state index in [1.54, 1.807) is 6.08 Å². The Balaban J connectivity index is 1.68. The van der Waals surface area contributed by atoms with Crippen LogP contribution in [0.5, 0.6) is 0 Å². The van der Waals surface area contributed by atoms with Crippen LogP contribution in [0.4, 0.5) is 0 Å². The molecule has 3 N–H and O–H groups in total. The van der Waals surface area contributed by atoms with E-state index in [9.17, 15) is 20.1 Å². The van der Waals surface area contributed by atoms with Gasteiger partial charge >= 0.3 is 5.97 Å². The van der Waals surface area contributed by atoms with Crippen LogP contribution in [-0.4, -0.2) is 39.6 Å². The second-order valence-electron chi connectivity index (χ2n) is 8.81. The number of benzene rings is 1. The lowest BCUT2D eigenvalue weighted by Gasteiger charge is -2.19. The highest BCUT2D eigenvalue weighted by molar-refractivity contribution is 5.69. The average Bonchev–Trinajstić information content (AvgIpc) is 3.06. The standard InChI is InChI=1S/C27H40O5/c1-2-3-7-14-22(28)17-18-24-23(25(29)19-26(24)30)15-10-4-5-11-16-27(31)32-20-21-12-8-6-9-13-21/h4,6,8-10,12-13,17-18,22-26,28-30H,2-3,5,7,11,14-16,19-20H2,1H3/b10-4-,18-17+/t22-,23+,24+,25-,26+/m0/s1. The summed E-state index contributed by atoms with van der Waals surface area (Å²) in [6.07, 6.45) is 12.9. The molecule has 0 saturated heterocycles.